The summed E-state index contributed by atoms with van der Waals surface area (Å²) in [6.45, 7) is 2.40. The normalized spacial score (nSPS) is 10.4. The van der Waals surface area contributed by atoms with Gasteiger partial charge < -0.3 is 14.8 Å². The largest absolute Gasteiger partial charge is 0.493 e. The van der Waals surface area contributed by atoms with Crippen molar-refractivity contribution < 1.29 is 14.4 Å². The number of hydrogen-bond acceptors (Lipinski definition) is 6. The van der Waals surface area contributed by atoms with Gasteiger partial charge in [-0.25, -0.2) is 0 Å². The van der Waals surface area contributed by atoms with E-state index in [1.54, 1.807) is 43.7 Å². The Morgan fingerprint density at radius 1 is 1.31 bits per heavy atom. The highest BCUT2D eigenvalue weighted by atomic mass is 32.1. The summed E-state index contributed by atoms with van der Waals surface area (Å²) in [6.07, 6.45) is 1.55. The minimum atomic E-state index is -0.485. The van der Waals surface area contributed by atoms with Gasteiger partial charge in [0, 0.05) is 6.07 Å². The van der Waals surface area contributed by atoms with Crippen molar-refractivity contribution in [1.82, 2.24) is 5.43 Å². The molecule has 9 heteroatoms. The number of nitro benzene ring substituents is 1. The SMILES string of the molecule is CCOc1cc(/C=N\NC(=S)Nc2ccccc2[N+](=O)[O-])ccc1OC. The van der Waals surface area contributed by atoms with E-state index in [4.69, 9.17) is 21.7 Å². The average molecular weight is 374 g/mol. The molecule has 0 saturated heterocycles. The number of ether oxygens (including phenoxy) is 2. The maximum absolute atomic E-state index is 11.0. The third kappa shape index (κ3) is 5.15. The molecule has 0 aliphatic carbocycles. The number of nitro groups is 1. The van der Waals surface area contributed by atoms with E-state index < -0.39 is 4.92 Å². The van der Waals surface area contributed by atoms with E-state index in [9.17, 15) is 10.1 Å². The number of nitrogens with one attached hydrogen (secondary N) is 2. The molecule has 0 amide bonds. The van der Waals surface area contributed by atoms with E-state index >= 15 is 0 Å². The molecule has 2 rings (SSSR count). The monoisotopic (exact) mass is 374 g/mol. The van der Waals surface area contributed by atoms with Crippen LogP contribution in [0.5, 0.6) is 11.5 Å². The number of hydrogen-bond donors (Lipinski definition) is 2. The van der Waals surface area contributed by atoms with E-state index in [1.165, 1.54) is 6.07 Å². The molecule has 0 saturated carbocycles. The van der Waals surface area contributed by atoms with Crippen molar-refractivity contribution in [3.05, 3.63) is 58.1 Å². The summed E-state index contributed by atoms with van der Waals surface area (Å²) in [7, 11) is 1.57. The maximum atomic E-state index is 11.0. The van der Waals surface area contributed by atoms with Crippen molar-refractivity contribution in [2.75, 3.05) is 19.0 Å². The van der Waals surface area contributed by atoms with E-state index in [0.717, 1.165) is 5.56 Å². The fraction of sp³-hybridized carbons (Fsp3) is 0.176. The molecule has 0 fully saturated rings. The number of nitrogens with zero attached hydrogens (tertiary/aromatic N) is 2. The lowest BCUT2D eigenvalue weighted by Gasteiger charge is -2.09. The first kappa shape index (κ1) is 19.1. The number of rotatable bonds is 7. The molecule has 0 heterocycles. The second kappa shape index (κ2) is 9.33. The maximum Gasteiger partial charge on any atom is 0.292 e. The van der Waals surface area contributed by atoms with Gasteiger partial charge in [-0.1, -0.05) is 12.1 Å². The molecule has 2 aromatic carbocycles. The number of hydrazone groups is 1. The molecule has 0 unspecified atom stereocenters. The molecule has 136 valence electrons. The first-order chi connectivity index (χ1) is 12.5. The van der Waals surface area contributed by atoms with Crippen LogP contribution in [0.2, 0.25) is 0 Å². The summed E-state index contributed by atoms with van der Waals surface area (Å²) in [5.41, 5.74) is 3.61. The summed E-state index contributed by atoms with van der Waals surface area (Å²) in [4.78, 5) is 10.5. The fourth-order valence-electron chi connectivity index (χ4n) is 2.10. The molecule has 0 aliphatic heterocycles. The Morgan fingerprint density at radius 3 is 2.77 bits per heavy atom. The molecule has 2 aromatic rings. The second-order valence-electron chi connectivity index (χ2n) is 4.94. The predicted octanol–water partition coefficient (Wildman–Crippen LogP) is 3.32. The Balaban J connectivity index is 2.01. The lowest BCUT2D eigenvalue weighted by Crippen LogP contribution is -2.24. The first-order valence-corrected chi connectivity index (χ1v) is 8.10. The van der Waals surface area contributed by atoms with Gasteiger partial charge in [-0.05, 0) is 49.0 Å². The molecule has 0 bridgehead atoms. The molecular formula is C17H18N4O4S. The number of anilines is 1. The van der Waals surface area contributed by atoms with Gasteiger partial charge in [0.25, 0.3) is 5.69 Å². The quantitative estimate of drug-likeness (QED) is 0.332. The highest BCUT2D eigenvalue weighted by Gasteiger charge is 2.12. The first-order valence-electron chi connectivity index (χ1n) is 7.69. The summed E-state index contributed by atoms with van der Waals surface area (Å²) >= 11 is 5.10. The Morgan fingerprint density at radius 2 is 2.08 bits per heavy atom. The third-order valence-electron chi connectivity index (χ3n) is 3.22. The molecule has 0 atom stereocenters. The van der Waals surface area contributed by atoms with Crippen molar-refractivity contribution in [1.29, 1.82) is 0 Å². The minimum absolute atomic E-state index is 0.0721. The second-order valence-corrected chi connectivity index (χ2v) is 5.35. The fourth-order valence-corrected chi connectivity index (χ4v) is 2.26. The van der Waals surface area contributed by atoms with Crippen LogP contribution in [0.4, 0.5) is 11.4 Å². The van der Waals surface area contributed by atoms with Crippen LogP contribution in [0, 0.1) is 10.1 Å². The van der Waals surface area contributed by atoms with E-state index in [0.29, 0.717) is 18.1 Å². The summed E-state index contributed by atoms with van der Waals surface area (Å²) in [5.74, 6) is 1.24. The van der Waals surface area contributed by atoms with E-state index in [1.807, 2.05) is 13.0 Å². The van der Waals surface area contributed by atoms with Crippen molar-refractivity contribution in [3.63, 3.8) is 0 Å². The van der Waals surface area contributed by atoms with Crippen molar-refractivity contribution in [2.24, 2.45) is 5.10 Å². The van der Waals surface area contributed by atoms with Crippen LogP contribution >= 0.6 is 12.2 Å². The molecule has 0 aromatic heterocycles. The Labute approximate surface area is 156 Å². The lowest BCUT2D eigenvalue weighted by molar-refractivity contribution is -0.383. The van der Waals surface area contributed by atoms with Crippen LogP contribution < -0.4 is 20.2 Å². The van der Waals surface area contributed by atoms with Gasteiger partial charge in [-0.3, -0.25) is 15.5 Å². The van der Waals surface area contributed by atoms with E-state index in [2.05, 4.69) is 15.8 Å². The highest BCUT2D eigenvalue weighted by Crippen LogP contribution is 2.27. The number of para-hydroxylation sites is 2. The van der Waals surface area contributed by atoms with Gasteiger partial charge in [-0.2, -0.15) is 5.10 Å². The number of thiocarbonyl (C=S) groups is 1. The zero-order valence-corrected chi connectivity index (χ0v) is 15.1. The zero-order valence-electron chi connectivity index (χ0n) is 14.3. The highest BCUT2D eigenvalue weighted by molar-refractivity contribution is 7.80. The smallest absolute Gasteiger partial charge is 0.292 e. The molecule has 8 nitrogen and oxygen atoms in total. The van der Waals surface area contributed by atoms with Gasteiger partial charge in [-0.15, -0.1) is 0 Å². The van der Waals surface area contributed by atoms with Gasteiger partial charge in [0.2, 0.25) is 0 Å². The van der Waals surface area contributed by atoms with Crippen LogP contribution in [-0.2, 0) is 0 Å². The molecule has 0 radical (unpaired) electrons. The average Bonchev–Trinajstić information content (AvgIpc) is 2.62. The summed E-state index contributed by atoms with van der Waals surface area (Å²) < 4.78 is 10.7. The number of methoxy groups -OCH3 is 1. The Hall–Kier alpha value is -3.20. The lowest BCUT2D eigenvalue weighted by atomic mass is 10.2. The standard InChI is InChI=1S/C17H18N4O4S/c1-3-25-16-10-12(8-9-15(16)24-2)11-18-20-17(26)19-13-6-4-5-7-14(13)21(22)23/h4-11H,3H2,1-2H3,(H2,19,20,26)/b18-11-. The summed E-state index contributed by atoms with van der Waals surface area (Å²) in [6, 6.07) is 11.6. The molecule has 26 heavy (non-hydrogen) atoms. The third-order valence-corrected chi connectivity index (χ3v) is 3.41. The van der Waals surface area contributed by atoms with Gasteiger partial charge in [0.15, 0.2) is 16.6 Å². The zero-order chi connectivity index (χ0) is 18.9. The van der Waals surface area contributed by atoms with Crippen LogP contribution in [0.25, 0.3) is 0 Å². The van der Waals surface area contributed by atoms with Crippen LogP contribution in [0.15, 0.2) is 47.6 Å². The van der Waals surface area contributed by atoms with Crippen molar-refractivity contribution >= 4 is 34.9 Å². The molecule has 2 N–H and O–H groups in total. The van der Waals surface area contributed by atoms with Crippen LogP contribution in [0.1, 0.15) is 12.5 Å². The van der Waals surface area contributed by atoms with Crippen LogP contribution in [-0.4, -0.2) is 30.0 Å². The van der Waals surface area contributed by atoms with Crippen molar-refractivity contribution in [3.8, 4) is 11.5 Å². The predicted molar refractivity (Wildman–Crippen MR) is 104 cm³/mol. The molecule has 0 spiro atoms. The van der Waals surface area contributed by atoms with Crippen LogP contribution in [0.3, 0.4) is 0 Å². The van der Waals surface area contributed by atoms with Gasteiger partial charge in [0.1, 0.15) is 5.69 Å². The molecular weight excluding hydrogens is 356 g/mol. The Bertz CT molecular complexity index is 826. The minimum Gasteiger partial charge on any atom is -0.493 e. The van der Waals surface area contributed by atoms with Gasteiger partial charge >= 0.3 is 0 Å². The van der Waals surface area contributed by atoms with Crippen molar-refractivity contribution in [2.45, 2.75) is 6.92 Å². The number of benzene rings is 2. The molecule has 0 aliphatic rings. The summed E-state index contributed by atoms with van der Waals surface area (Å²) in [5, 5.41) is 17.9. The topological polar surface area (TPSA) is 98.0 Å². The Kier molecular flexibility index (Phi) is 6.86. The van der Waals surface area contributed by atoms with Gasteiger partial charge in [0.05, 0.1) is 24.9 Å². The van der Waals surface area contributed by atoms with E-state index in [-0.39, 0.29) is 16.5 Å².